The molecule has 19 heavy (non-hydrogen) atoms. The van der Waals surface area contributed by atoms with E-state index in [0.29, 0.717) is 29.8 Å². The maximum Gasteiger partial charge on any atom is 0.261 e. The summed E-state index contributed by atoms with van der Waals surface area (Å²) in [7, 11) is 0. The highest BCUT2D eigenvalue weighted by atomic mass is 16.2. The van der Waals surface area contributed by atoms with Crippen molar-refractivity contribution in [1.29, 1.82) is 0 Å². The molecule has 0 radical (unpaired) electrons. The fourth-order valence-corrected chi connectivity index (χ4v) is 2.55. The zero-order valence-electron chi connectivity index (χ0n) is 10.2. The standard InChI is InChI=1S/C14H12N2O3/c1-2-8-6-11(17)16(7-8)10-5-3-4-9-12(10)14(19)15-13(9)18/h2-5,8H,1,6-7H2,(H,15,18,19). The van der Waals surface area contributed by atoms with Crippen LogP contribution in [0.3, 0.4) is 0 Å². The molecular formula is C14H12N2O3. The molecule has 5 nitrogen and oxygen atoms in total. The van der Waals surface area contributed by atoms with Gasteiger partial charge >= 0.3 is 0 Å². The Morgan fingerprint density at radius 2 is 2.05 bits per heavy atom. The molecule has 2 aliphatic rings. The van der Waals surface area contributed by atoms with E-state index in [1.807, 2.05) is 0 Å². The Balaban J connectivity index is 2.08. The van der Waals surface area contributed by atoms with Crippen molar-refractivity contribution in [1.82, 2.24) is 5.32 Å². The quantitative estimate of drug-likeness (QED) is 0.636. The van der Waals surface area contributed by atoms with Gasteiger partial charge in [0.05, 0.1) is 16.8 Å². The molecule has 1 N–H and O–H groups in total. The summed E-state index contributed by atoms with van der Waals surface area (Å²) >= 11 is 0. The Morgan fingerprint density at radius 3 is 2.74 bits per heavy atom. The number of nitrogens with one attached hydrogen (secondary N) is 1. The van der Waals surface area contributed by atoms with Crippen LogP contribution in [0.4, 0.5) is 5.69 Å². The van der Waals surface area contributed by atoms with Crippen LogP contribution in [0.2, 0.25) is 0 Å². The summed E-state index contributed by atoms with van der Waals surface area (Å²) in [4.78, 5) is 37.0. The summed E-state index contributed by atoms with van der Waals surface area (Å²) in [5.74, 6) is -0.812. The Bertz CT molecular complexity index is 621. The van der Waals surface area contributed by atoms with Crippen molar-refractivity contribution in [2.75, 3.05) is 11.4 Å². The summed E-state index contributed by atoms with van der Waals surface area (Å²) in [5, 5.41) is 2.25. The van der Waals surface area contributed by atoms with Gasteiger partial charge in [0.1, 0.15) is 0 Å². The van der Waals surface area contributed by atoms with Crippen LogP contribution >= 0.6 is 0 Å². The molecule has 96 valence electrons. The number of hydrogen-bond donors (Lipinski definition) is 1. The van der Waals surface area contributed by atoms with E-state index >= 15 is 0 Å². The minimum absolute atomic E-state index is 0.0505. The van der Waals surface area contributed by atoms with Crippen LogP contribution in [-0.4, -0.2) is 24.3 Å². The van der Waals surface area contributed by atoms with Crippen molar-refractivity contribution in [2.45, 2.75) is 6.42 Å². The van der Waals surface area contributed by atoms with Crippen LogP contribution in [-0.2, 0) is 4.79 Å². The molecule has 1 fully saturated rings. The number of imide groups is 1. The van der Waals surface area contributed by atoms with Crippen LogP contribution < -0.4 is 10.2 Å². The number of rotatable bonds is 2. The highest BCUT2D eigenvalue weighted by molar-refractivity contribution is 6.24. The number of carbonyl (C=O) groups excluding carboxylic acids is 3. The van der Waals surface area contributed by atoms with Gasteiger partial charge in [-0.3, -0.25) is 19.7 Å². The molecule has 1 unspecified atom stereocenters. The van der Waals surface area contributed by atoms with E-state index in [1.54, 1.807) is 29.2 Å². The fraction of sp³-hybridized carbons (Fsp3) is 0.214. The fourth-order valence-electron chi connectivity index (χ4n) is 2.55. The summed E-state index contributed by atoms with van der Waals surface area (Å²) in [5.41, 5.74) is 1.14. The Kier molecular flexibility index (Phi) is 2.48. The first kappa shape index (κ1) is 11.6. The zero-order chi connectivity index (χ0) is 13.6. The maximum atomic E-state index is 12.0. The van der Waals surface area contributed by atoms with Gasteiger partial charge in [-0.15, -0.1) is 6.58 Å². The van der Waals surface area contributed by atoms with E-state index in [9.17, 15) is 14.4 Å². The van der Waals surface area contributed by atoms with Crippen molar-refractivity contribution < 1.29 is 14.4 Å². The predicted octanol–water partition coefficient (Wildman–Crippen LogP) is 1.11. The first-order valence-electron chi connectivity index (χ1n) is 6.03. The number of benzene rings is 1. The van der Waals surface area contributed by atoms with Crippen LogP contribution in [0.25, 0.3) is 0 Å². The normalized spacial score (nSPS) is 21.6. The molecule has 3 rings (SSSR count). The molecule has 2 heterocycles. The monoisotopic (exact) mass is 256 g/mol. The number of carbonyl (C=O) groups is 3. The van der Waals surface area contributed by atoms with Gasteiger partial charge in [-0.2, -0.15) is 0 Å². The second-order valence-corrected chi connectivity index (χ2v) is 4.69. The molecule has 0 bridgehead atoms. The topological polar surface area (TPSA) is 66.5 Å². The molecule has 1 aromatic rings. The average Bonchev–Trinajstić information content (AvgIpc) is 2.91. The second kappa shape index (κ2) is 4.05. The lowest BCUT2D eigenvalue weighted by atomic mass is 10.1. The number of hydrogen-bond acceptors (Lipinski definition) is 3. The number of fused-ring (bicyclic) bond motifs is 1. The van der Waals surface area contributed by atoms with Crippen molar-refractivity contribution in [3.05, 3.63) is 42.0 Å². The molecule has 0 saturated carbocycles. The third kappa shape index (κ3) is 1.66. The molecule has 1 atom stereocenters. The average molecular weight is 256 g/mol. The third-order valence-corrected chi connectivity index (χ3v) is 3.52. The molecule has 0 aromatic heterocycles. The lowest BCUT2D eigenvalue weighted by Gasteiger charge is -2.18. The van der Waals surface area contributed by atoms with Gasteiger partial charge in [0.15, 0.2) is 0 Å². The highest BCUT2D eigenvalue weighted by Crippen LogP contribution is 2.32. The van der Waals surface area contributed by atoms with Crippen molar-refractivity contribution in [3.63, 3.8) is 0 Å². The molecule has 3 amide bonds. The van der Waals surface area contributed by atoms with Crippen molar-refractivity contribution in [2.24, 2.45) is 5.92 Å². The SMILES string of the molecule is C=CC1CC(=O)N(c2cccc3c2C(=O)NC3=O)C1. The number of anilines is 1. The van der Waals surface area contributed by atoms with Crippen molar-refractivity contribution >= 4 is 23.4 Å². The van der Waals surface area contributed by atoms with Gasteiger partial charge < -0.3 is 4.90 Å². The van der Waals surface area contributed by atoms with Gasteiger partial charge in [-0.05, 0) is 12.1 Å². The summed E-state index contributed by atoms with van der Waals surface area (Å²) in [6.07, 6.45) is 2.13. The van der Waals surface area contributed by atoms with Gasteiger partial charge in [0.25, 0.3) is 11.8 Å². The number of amides is 3. The van der Waals surface area contributed by atoms with E-state index in [-0.39, 0.29) is 11.8 Å². The molecule has 0 aliphatic carbocycles. The summed E-state index contributed by atoms with van der Waals surface area (Å²) < 4.78 is 0. The smallest absolute Gasteiger partial charge is 0.261 e. The molecule has 2 aliphatic heterocycles. The maximum absolute atomic E-state index is 12.0. The van der Waals surface area contributed by atoms with E-state index in [4.69, 9.17) is 0 Å². The van der Waals surface area contributed by atoms with E-state index in [0.717, 1.165) is 0 Å². The van der Waals surface area contributed by atoms with Crippen LogP contribution in [0.15, 0.2) is 30.9 Å². The second-order valence-electron chi connectivity index (χ2n) is 4.69. The van der Waals surface area contributed by atoms with Crippen LogP contribution in [0.1, 0.15) is 27.1 Å². The lowest BCUT2D eigenvalue weighted by Crippen LogP contribution is -2.27. The lowest BCUT2D eigenvalue weighted by molar-refractivity contribution is -0.117. The zero-order valence-corrected chi connectivity index (χ0v) is 10.2. The van der Waals surface area contributed by atoms with E-state index < -0.39 is 11.8 Å². The first-order valence-corrected chi connectivity index (χ1v) is 6.03. The minimum atomic E-state index is -0.439. The highest BCUT2D eigenvalue weighted by Gasteiger charge is 2.35. The molecular weight excluding hydrogens is 244 g/mol. The van der Waals surface area contributed by atoms with Crippen LogP contribution in [0, 0.1) is 5.92 Å². The summed E-state index contributed by atoms with van der Waals surface area (Å²) in [6, 6.07) is 4.96. The molecule has 0 spiro atoms. The van der Waals surface area contributed by atoms with Gasteiger partial charge in [-0.1, -0.05) is 12.1 Å². The van der Waals surface area contributed by atoms with Gasteiger partial charge in [-0.25, -0.2) is 0 Å². The van der Waals surface area contributed by atoms with E-state index in [1.165, 1.54) is 0 Å². The summed E-state index contributed by atoms with van der Waals surface area (Å²) in [6.45, 7) is 4.19. The van der Waals surface area contributed by atoms with E-state index in [2.05, 4.69) is 11.9 Å². The third-order valence-electron chi connectivity index (χ3n) is 3.52. The van der Waals surface area contributed by atoms with Gasteiger partial charge in [0.2, 0.25) is 5.91 Å². The van der Waals surface area contributed by atoms with Crippen LogP contribution in [0.5, 0.6) is 0 Å². The predicted molar refractivity (Wildman–Crippen MR) is 68.9 cm³/mol. The Morgan fingerprint density at radius 1 is 1.26 bits per heavy atom. The largest absolute Gasteiger partial charge is 0.311 e. The minimum Gasteiger partial charge on any atom is -0.311 e. The van der Waals surface area contributed by atoms with Gasteiger partial charge in [0, 0.05) is 18.9 Å². The van der Waals surface area contributed by atoms with Crippen molar-refractivity contribution in [3.8, 4) is 0 Å². The molecule has 1 saturated heterocycles. The Hall–Kier alpha value is -2.43. The number of nitrogens with zero attached hydrogens (tertiary/aromatic N) is 1. The molecule has 5 heteroatoms. The first-order chi connectivity index (χ1) is 9.11. The molecule has 1 aromatic carbocycles. The Labute approximate surface area is 109 Å².